The molecule has 2 saturated carbocycles. The zero-order chi connectivity index (χ0) is 11.0. The molecule has 2 rings (SSSR count). The van der Waals surface area contributed by atoms with Crippen molar-refractivity contribution in [2.45, 2.75) is 38.6 Å². The lowest BCUT2D eigenvalue weighted by Gasteiger charge is -2.52. The molecule has 4 atom stereocenters. The van der Waals surface area contributed by atoms with E-state index in [2.05, 4.69) is 5.32 Å². The van der Waals surface area contributed by atoms with Crippen LogP contribution >= 0.6 is 0 Å². The molecule has 15 heavy (non-hydrogen) atoms. The first kappa shape index (κ1) is 10.5. The average Bonchev–Trinajstić information content (AvgIpc) is 2.13. The summed E-state index contributed by atoms with van der Waals surface area (Å²) in [4.78, 5) is 22.1. The summed E-state index contributed by atoms with van der Waals surface area (Å²) in [6, 6.07) is -0.120. The maximum atomic E-state index is 11.1. The molecule has 2 N–H and O–H groups in total. The predicted molar refractivity (Wildman–Crippen MR) is 54.2 cm³/mol. The van der Waals surface area contributed by atoms with Gasteiger partial charge in [0.1, 0.15) is 0 Å². The molecule has 0 spiro atoms. The van der Waals surface area contributed by atoms with Gasteiger partial charge in [-0.05, 0) is 24.7 Å². The Bertz CT molecular complexity index is 290. The van der Waals surface area contributed by atoms with Crippen LogP contribution in [0.4, 0.5) is 0 Å². The molecule has 4 heteroatoms. The van der Waals surface area contributed by atoms with Crippen molar-refractivity contribution in [2.24, 2.45) is 17.8 Å². The van der Waals surface area contributed by atoms with Gasteiger partial charge < -0.3 is 10.4 Å². The fourth-order valence-electron chi connectivity index (χ4n) is 3.24. The zero-order valence-corrected chi connectivity index (χ0v) is 8.90. The largest absolute Gasteiger partial charge is 0.481 e. The fourth-order valence-corrected chi connectivity index (χ4v) is 3.24. The highest BCUT2D eigenvalue weighted by Gasteiger charge is 2.54. The molecule has 84 valence electrons. The molecular formula is C11H17NO3. The van der Waals surface area contributed by atoms with Gasteiger partial charge >= 0.3 is 5.97 Å². The number of hydrogen-bond donors (Lipinski definition) is 2. The Morgan fingerprint density at radius 3 is 2.33 bits per heavy atom. The van der Waals surface area contributed by atoms with Gasteiger partial charge in [-0.15, -0.1) is 0 Å². The van der Waals surface area contributed by atoms with Crippen molar-refractivity contribution < 1.29 is 14.7 Å². The van der Waals surface area contributed by atoms with Gasteiger partial charge in [0.2, 0.25) is 5.91 Å². The maximum Gasteiger partial charge on any atom is 0.308 e. The highest BCUT2D eigenvalue weighted by Crippen LogP contribution is 2.49. The first-order valence-electron chi connectivity index (χ1n) is 5.61. The lowest BCUT2D eigenvalue weighted by atomic mass is 9.55. The van der Waals surface area contributed by atoms with Crippen molar-refractivity contribution in [1.82, 2.24) is 5.32 Å². The van der Waals surface area contributed by atoms with Crippen molar-refractivity contribution in [2.75, 3.05) is 0 Å². The second-order valence-corrected chi connectivity index (χ2v) is 4.70. The third-order valence-corrected chi connectivity index (χ3v) is 3.84. The summed E-state index contributed by atoms with van der Waals surface area (Å²) in [5.41, 5.74) is 0. The van der Waals surface area contributed by atoms with E-state index in [1.165, 1.54) is 13.3 Å². The number of fused-ring (bicyclic) bond motifs is 1. The van der Waals surface area contributed by atoms with Gasteiger partial charge in [-0.1, -0.05) is 12.8 Å². The Morgan fingerprint density at radius 1 is 1.20 bits per heavy atom. The highest BCUT2D eigenvalue weighted by atomic mass is 16.4. The topological polar surface area (TPSA) is 66.4 Å². The average molecular weight is 211 g/mol. The summed E-state index contributed by atoms with van der Waals surface area (Å²) in [7, 11) is 0. The Kier molecular flexibility index (Phi) is 2.67. The van der Waals surface area contributed by atoms with Gasteiger partial charge in [-0.25, -0.2) is 0 Å². The minimum absolute atomic E-state index is 0.115. The summed E-state index contributed by atoms with van der Waals surface area (Å²) in [5, 5.41) is 11.9. The van der Waals surface area contributed by atoms with E-state index in [0.717, 1.165) is 19.3 Å². The molecule has 0 aliphatic heterocycles. The normalized spacial score (nSPS) is 38.7. The van der Waals surface area contributed by atoms with E-state index in [1.54, 1.807) is 0 Å². The minimum atomic E-state index is -0.753. The minimum Gasteiger partial charge on any atom is -0.481 e. The molecule has 2 fully saturated rings. The van der Waals surface area contributed by atoms with Crippen molar-refractivity contribution in [3.05, 3.63) is 0 Å². The number of rotatable bonds is 2. The van der Waals surface area contributed by atoms with E-state index in [9.17, 15) is 9.59 Å². The van der Waals surface area contributed by atoms with Crippen LogP contribution in [0.5, 0.6) is 0 Å². The molecule has 0 saturated heterocycles. The highest BCUT2D eigenvalue weighted by molar-refractivity contribution is 5.77. The van der Waals surface area contributed by atoms with Crippen molar-refractivity contribution in [3.63, 3.8) is 0 Å². The summed E-state index contributed by atoms with van der Waals surface area (Å²) >= 11 is 0. The molecule has 1 amide bonds. The van der Waals surface area contributed by atoms with E-state index in [4.69, 9.17) is 5.11 Å². The molecule has 0 aromatic rings. The number of carbonyl (C=O) groups is 2. The van der Waals surface area contributed by atoms with E-state index >= 15 is 0 Å². The number of amides is 1. The van der Waals surface area contributed by atoms with Gasteiger partial charge in [-0.3, -0.25) is 9.59 Å². The molecule has 2 aliphatic rings. The first-order chi connectivity index (χ1) is 7.11. The van der Waals surface area contributed by atoms with E-state index in [-0.39, 0.29) is 17.9 Å². The lowest BCUT2D eigenvalue weighted by molar-refractivity contribution is -0.158. The summed E-state index contributed by atoms with van der Waals surface area (Å²) in [6.07, 6.45) is 4.39. The van der Waals surface area contributed by atoms with Gasteiger partial charge in [-0.2, -0.15) is 0 Å². The smallest absolute Gasteiger partial charge is 0.308 e. The molecule has 0 unspecified atom stereocenters. The molecule has 0 heterocycles. The third-order valence-electron chi connectivity index (χ3n) is 3.84. The monoisotopic (exact) mass is 211 g/mol. The number of carboxylic acids is 1. The molecule has 0 aromatic heterocycles. The Hall–Kier alpha value is -1.06. The van der Waals surface area contributed by atoms with Gasteiger partial charge in [0.15, 0.2) is 0 Å². The Balaban J connectivity index is 2.06. The fraction of sp³-hybridized carbons (Fsp3) is 0.818. The zero-order valence-electron chi connectivity index (χ0n) is 8.90. The van der Waals surface area contributed by atoms with Crippen molar-refractivity contribution in [3.8, 4) is 0 Å². The third kappa shape index (κ3) is 1.73. The number of carboxylic acid groups (broad SMARTS) is 1. The van der Waals surface area contributed by atoms with Gasteiger partial charge in [0.05, 0.1) is 5.92 Å². The molecule has 0 aromatic carbocycles. The van der Waals surface area contributed by atoms with Crippen LogP contribution in [0.25, 0.3) is 0 Å². The van der Waals surface area contributed by atoms with Crippen molar-refractivity contribution in [1.29, 1.82) is 0 Å². The van der Waals surface area contributed by atoms with Crippen LogP contribution < -0.4 is 5.32 Å². The Labute approximate surface area is 89.0 Å². The molecule has 4 nitrogen and oxygen atoms in total. The molecular weight excluding hydrogens is 194 g/mol. The summed E-state index contributed by atoms with van der Waals surface area (Å²) < 4.78 is 0. The SMILES string of the molecule is CC(=O)N[C@H]1[C@@H]2CCCC[C@@H]2[C@@H]1C(=O)O. The number of carbonyl (C=O) groups excluding carboxylic acids is 1. The van der Waals surface area contributed by atoms with Crippen LogP contribution in [0.15, 0.2) is 0 Å². The van der Waals surface area contributed by atoms with Gasteiger partial charge in [0.25, 0.3) is 0 Å². The van der Waals surface area contributed by atoms with Crippen LogP contribution in [0.3, 0.4) is 0 Å². The lowest BCUT2D eigenvalue weighted by Crippen LogP contribution is -2.63. The van der Waals surface area contributed by atoms with Crippen LogP contribution in [-0.2, 0) is 9.59 Å². The number of aliphatic carboxylic acids is 1. The number of hydrogen-bond acceptors (Lipinski definition) is 2. The van der Waals surface area contributed by atoms with E-state index < -0.39 is 5.97 Å². The van der Waals surface area contributed by atoms with Gasteiger partial charge in [0, 0.05) is 13.0 Å². The first-order valence-corrected chi connectivity index (χ1v) is 5.61. The quantitative estimate of drug-likeness (QED) is 0.716. The number of nitrogens with one attached hydrogen (secondary N) is 1. The standard InChI is InChI=1S/C11H17NO3/c1-6(13)12-10-8-5-3-2-4-7(8)9(10)11(14)15/h7-10H,2-5H2,1H3,(H,12,13)(H,14,15)/t7-,8+,9-,10-/m0/s1. The Morgan fingerprint density at radius 2 is 1.80 bits per heavy atom. The summed E-state index contributed by atoms with van der Waals surface area (Å²) in [6.45, 7) is 1.45. The molecule has 0 radical (unpaired) electrons. The second kappa shape index (κ2) is 3.83. The summed E-state index contributed by atoms with van der Waals surface area (Å²) in [5.74, 6) is -0.511. The second-order valence-electron chi connectivity index (χ2n) is 4.70. The maximum absolute atomic E-state index is 11.1. The van der Waals surface area contributed by atoms with Crippen LogP contribution in [0.1, 0.15) is 32.6 Å². The van der Waals surface area contributed by atoms with Crippen LogP contribution in [0.2, 0.25) is 0 Å². The van der Waals surface area contributed by atoms with Crippen molar-refractivity contribution >= 4 is 11.9 Å². The van der Waals surface area contributed by atoms with Crippen LogP contribution in [-0.4, -0.2) is 23.0 Å². The van der Waals surface area contributed by atoms with Crippen LogP contribution in [0, 0.1) is 17.8 Å². The molecule has 2 aliphatic carbocycles. The predicted octanol–water partition coefficient (Wildman–Crippen LogP) is 1.01. The van der Waals surface area contributed by atoms with E-state index in [0.29, 0.717) is 11.8 Å². The van der Waals surface area contributed by atoms with E-state index in [1.807, 2.05) is 0 Å². The molecule has 0 bridgehead atoms.